The number of carbonyl (C=O) groups excluding carboxylic acids is 3. The Morgan fingerprint density at radius 3 is 2.14 bits per heavy atom. The first-order valence-corrected chi connectivity index (χ1v) is 20.3. The Balaban J connectivity index is 1.14. The third-order valence-electron chi connectivity index (χ3n) is 10.6. The second kappa shape index (κ2) is 18.0. The van der Waals surface area contributed by atoms with E-state index in [-0.39, 0.29) is 34.7 Å². The van der Waals surface area contributed by atoms with Crippen molar-refractivity contribution >= 4 is 52.4 Å². The number of nitrogens with zero attached hydrogens (tertiary/aromatic N) is 4. The van der Waals surface area contributed by atoms with Crippen molar-refractivity contribution in [3.05, 3.63) is 144 Å². The Labute approximate surface area is 345 Å². The normalized spacial score (nSPS) is 14.4. The highest BCUT2D eigenvalue weighted by molar-refractivity contribution is 7.99. The number of aryl methyl sites for hydroxylation is 1. The summed E-state index contributed by atoms with van der Waals surface area (Å²) in [5.41, 5.74) is 5.05. The molecule has 10 nitrogen and oxygen atoms in total. The molecular weight excluding hydrogens is 745 g/mol. The molecule has 0 bridgehead atoms. The molecule has 0 aliphatic carbocycles. The number of anilines is 2. The van der Waals surface area contributed by atoms with Gasteiger partial charge in [0, 0.05) is 26.6 Å². The molecule has 5 aromatic carbocycles. The van der Waals surface area contributed by atoms with Gasteiger partial charge in [0.25, 0.3) is 17.7 Å². The van der Waals surface area contributed by atoms with Crippen molar-refractivity contribution in [3.8, 4) is 5.75 Å². The summed E-state index contributed by atoms with van der Waals surface area (Å²) >= 11 is 1.63. The maximum atomic E-state index is 13.7. The zero-order valence-corrected chi connectivity index (χ0v) is 34.9. The number of para-hydroxylation sites is 1. The average molecular weight is 795 g/mol. The van der Waals surface area contributed by atoms with Gasteiger partial charge in [-0.15, -0.1) is 5.10 Å². The van der Waals surface area contributed by atoms with Crippen LogP contribution in [0, 0.1) is 6.92 Å². The zero-order chi connectivity index (χ0) is 41.5. The SMILES string of the molecule is CCC(C)(C)c1ccc(OCC(=O)Nc2cccc(C(=O)NC3=NN(c4ccccc4)C(=O)C3N=Nc3ccc(Sc4ccc(C)cc4)cc3)c2)c(C(C)(C)CC)c1. The van der Waals surface area contributed by atoms with E-state index < -0.39 is 17.9 Å². The molecule has 5 aromatic rings. The van der Waals surface area contributed by atoms with Gasteiger partial charge < -0.3 is 15.4 Å². The Morgan fingerprint density at radius 2 is 1.47 bits per heavy atom. The number of carbonyl (C=O) groups is 3. The van der Waals surface area contributed by atoms with Gasteiger partial charge in [0.1, 0.15) is 5.75 Å². The van der Waals surface area contributed by atoms with Gasteiger partial charge in [0.15, 0.2) is 12.4 Å². The lowest BCUT2D eigenvalue weighted by Gasteiger charge is -2.30. The molecule has 298 valence electrons. The van der Waals surface area contributed by atoms with Crippen LogP contribution in [-0.4, -0.2) is 36.2 Å². The number of rotatable bonds is 14. The molecule has 1 atom stereocenters. The van der Waals surface area contributed by atoms with Crippen molar-refractivity contribution in [3.63, 3.8) is 0 Å². The largest absolute Gasteiger partial charge is 0.483 e. The fourth-order valence-corrected chi connectivity index (χ4v) is 6.93. The third-order valence-corrected chi connectivity index (χ3v) is 11.6. The van der Waals surface area contributed by atoms with E-state index in [1.54, 1.807) is 60.3 Å². The highest BCUT2D eigenvalue weighted by Gasteiger charge is 2.38. The highest BCUT2D eigenvalue weighted by atomic mass is 32.2. The quantitative estimate of drug-likeness (QED) is 0.108. The maximum absolute atomic E-state index is 13.7. The molecule has 0 saturated carbocycles. The number of amides is 3. The molecule has 0 aromatic heterocycles. The van der Waals surface area contributed by atoms with E-state index in [0.717, 1.165) is 28.2 Å². The smallest absolute Gasteiger partial charge is 0.282 e. The van der Waals surface area contributed by atoms with Crippen LogP contribution < -0.4 is 20.4 Å². The van der Waals surface area contributed by atoms with Crippen LogP contribution in [0.2, 0.25) is 0 Å². The van der Waals surface area contributed by atoms with Crippen LogP contribution in [0.1, 0.15) is 81.4 Å². The first-order chi connectivity index (χ1) is 27.8. The highest BCUT2D eigenvalue weighted by Crippen LogP contribution is 2.38. The molecule has 1 heterocycles. The molecule has 2 N–H and O–H groups in total. The molecule has 3 amide bonds. The minimum absolute atomic E-state index is 0.00673. The number of ether oxygens (including phenoxy) is 1. The minimum Gasteiger partial charge on any atom is -0.483 e. The van der Waals surface area contributed by atoms with Gasteiger partial charge in [0.2, 0.25) is 6.04 Å². The number of benzene rings is 5. The van der Waals surface area contributed by atoms with Gasteiger partial charge in [0.05, 0.1) is 11.4 Å². The molecule has 0 saturated heterocycles. The molecule has 0 fully saturated rings. The average Bonchev–Trinajstić information content (AvgIpc) is 3.54. The van der Waals surface area contributed by atoms with Gasteiger partial charge in [-0.3, -0.25) is 14.4 Å². The molecule has 1 unspecified atom stereocenters. The van der Waals surface area contributed by atoms with Crippen LogP contribution in [0.25, 0.3) is 0 Å². The number of amidine groups is 1. The third kappa shape index (κ3) is 10.1. The summed E-state index contributed by atoms with van der Waals surface area (Å²) in [5, 5.41) is 20.0. The van der Waals surface area contributed by atoms with Crippen molar-refractivity contribution in [2.45, 2.75) is 88.0 Å². The van der Waals surface area contributed by atoms with E-state index in [1.807, 2.05) is 36.4 Å². The lowest BCUT2D eigenvalue weighted by molar-refractivity contribution is -0.118. The van der Waals surface area contributed by atoms with E-state index in [1.165, 1.54) is 16.1 Å². The number of nitrogens with one attached hydrogen (secondary N) is 2. The van der Waals surface area contributed by atoms with Crippen molar-refractivity contribution in [1.82, 2.24) is 5.32 Å². The van der Waals surface area contributed by atoms with E-state index in [9.17, 15) is 14.4 Å². The number of hydrazone groups is 1. The van der Waals surface area contributed by atoms with E-state index in [2.05, 4.69) is 111 Å². The lowest BCUT2D eigenvalue weighted by Crippen LogP contribution is -2.39. The monoisotopic (exact) mass is 794 g/mol. The lowest BCUT2D eigenvalue weighted by atomic mass is 9.76. The molecule has 0 radical (unpaired) electrons. The van der Waals surface area contributed by atoms with Crippen molar-refractivity contribution in [2.24, 2.45) is 15.3 Å². The molecule has 1 aliphatic heterocycles. The van der Waals surface area contributed by atoms with Crippen LogP contribution >= 0.6 is 11.8 Å². The van der Waals surface area contributed by atoms with Crippen LogP contribution in [0.4, 0.5) is 17.1 Å². The number of azo groups is 1. The van der Waals surface area contributed by atoms with Crippen LogP contribution in [0.3, 0.4) is 0 Å². The fraction of sp³-hybridized carbons (Fsp3) is 0.277. The first-order valence-electron chi connectivity index (χ1n) is 19.5. The second-order valence-electron chi connectivity index (χ2n) is 15.6. The van der Waals surface area contributed by atoms with Gasteiger partial charge in [-0.1, -0.05) is 107 Å². The van der Waals surface area contributed by atoms with Crippen molar-refractivity contribution < 1.29 is 19.1 Å². The van der Waals surface area contributed by atoms with Crippen LogP contribution in [0.5, 0.6) is 5.75 Å². The Morgan fingerprint density at radius 1 is 0.793 bits per heavy atom. The van der Waals surface area contributed by atoms with Crippen LogP contribution in [-0.2, 0) is 20.4 Å². The summed E-state index contributed by atoms with van der Waals surface area (Å²) in [7, 11) is 0. The summed E-state index contributed by atoms with van der Waals surface area (Å²) in [5.74, 6) is -0.679. The predicted octanol–water partition coefficient (Wildman–Crippen LogP) is 10.8. The second-order valence-corrected chi connectivity index (χ2v) is 16.7. The molecule has 6 rings (SSSR count). The standard InChI is InChI=1S/C47H50N6O4S/c1-8-46(4,5)33-20-27-40(39(29-33)47(6,7)9-2)57-30-41(54)48-35-15-13-14-32(28-35)44(55)49-43-42(45(56)53(52-43)36-16-11-10-12-17-36)51-50-34-21-25-38(26-22-34)58-37-23-18-31(3)19-24-37/h10-29,42H,8-9,30H2,1-7H3,(H,48,54)(H,49,52,55). The van der Waals surface area contributed by atoms with Crippen molar-refractivity contribution in [2.75, 3.05) is 16.9 Å². The molecular formula is C47H50N6O4S. The van der Waals surface area contributed by atoms with Gasteiger partial charge in [-0.25, -0.2) is 0 Å². The van der Waals surface area contributed by atoms with E-state index in [0.29, 0.717) is 22.8 Å². The maximum Gasteiger partial charge on any atom is 0.282 e. The van der Waals surface area contributed by atoms with Crippen molar-refractivity contribution in [1.29, 1.82) is 0 Å². The fourth-order valence-electron chi connectivity index (χ4n) is 6.11. The molecule has 11 heteroatoms. The zero-order valence-electron chi connectivity index (χ0n) is 34.1. The summed E-state index contributed by atoms with van der Waals surface area (Å²) in [4.78, 5) is 42.7. The summed E-state index contributed by atoms with van der Waals surface area (Å²) in [6, 6.07) is 36.3. The molecule has 0 spiro atoms. The Hall–Kier alpha value is -6.07. The topological polar surface area (TPSA) is 125 Å². The van der Waals surface area contributed by atoms with Gasteiger partial charge in [-0.2, -0.15) is 15.2 Å². The molecule has 1 aliphatic rings. The van der Waals surface area contributed by atoms with Gasteiger partial charge >= 0.3 is 0 Å². The Kier molecular flexibility index (Phi) is 12.9. The van der Waals surface area contributed by atoms with E-state index in [4.69, 9.17) is 4.74 Å². The Bertz CT molecular complexity index is 2320. The van der Waals surface area contributed by atoms with Gasteiger partial charge in [-0.05, 0) is 109 Å². The number of hydrogen-bond donors (Lipinski definition) is 2. The number of hydrogen-bond acceptors (Lipinski definition) is 8. The summed E-state index contributed by atoms with van der Waals surface area (Å²) in [6.07, 6.45) is 1.89. The first kappa shape index (κ1) is 41.6. The summed E-state index contributed by atoms with van der Waals surface area (Å²) in [6.45, 7) is 15.0. The summed E-state index contributed by atoms with van der Waals surface area (Å²) < 4.78 is 6.12. The van der Waals surface area contributed by atoms with Crippen LogP contribution in [0.15, 0.2) is 146 Å². The van der Waals surface area contributed by atoms with E-state index >= 15 is 0 Å². The molecule has 58 heavy (non-hydrogen) atoms. The minimum atomic E-state index is -1.20. The predicted molar refractivity (Wildman–Crippen MR) is 233 cm³/mol.